The quantitative estimate of drug-likeness (QED) is 0.793. The lowest BCUT2D eigenvalue weighted by atomic mass is 10.2. The van der Waals surface area contributed by atoms with Crippen molar-refractivity contribution in [2.24, 2.45) is 0 Å². The summed E-state index contributed by atoms with van der Waals surface area (Å²) < 4.78 is 38.0. The molecule has 2 heterocycles. The molecule has 1 aliphatic rings. The van der Waals surface area contributed by atoms with Gasteiger partial charge in [0, 0.05) is 12.6 Å². The van der Waals surface area contributed by atoms with Gasteiger partial charge >= 0.3 is 6.18 Å². The van der Waals surface area contributed by atoms with Crippen molar-refractivity contribution in [1.29, 1.82) is 0 Å². The van der Waals surface area contributed by atoms with Crippen molar-refractivity contribution in [3.63, 3.8) is 0 Å². The van der Waals surface area contributed by atoms with E-state index in [0.717, 1.165) is 30.9 Å². The SMILES string of the molecule is C[C@@H](C(=O)NCc1ccccc1)[NH+]1CCN(c2ccc(C(F)(F)F)c[nH+]2)CC1. The second-order valence-electron chi connectivity index (χ2n) is 7.03. The molecular weight excluding hydrogens is 369 g/mol. The van der Waals surface area contributed by atoms with Crippen LogP contribution in [0.25, 0.3) is 0 Å². The summed E-state index contributed by atoms with van der Waals surface area (Å²) >= 11 is 0. The molecule has 1 atom stereocenters. The highest BCUT2D eigenvalue weighted by Gasteiger charge is 2.34. The highest BCUT2D eigenvalue weighted by atomic mass is 19.4. The van der Waals surface area contributed by atoms with Gasteiger partial charge in [0.25, 0.3) is 11.7 Å². The lowest BCUT2D eigenvalue weighted by Crippen LogP contribution is -3.19. The monoisotopic (exact) mass is 394 g/mol. The number of alkyl halides is 3. The number of aromatic amines is 1. The number of anilines is 1. The van der Waals surface area contributed by atoms with Gasteiger partial charge in [0.15, 0.2) is 6.04 Å². The van der Waals surface area contributed by atoms with E-state index in [1.807, 2.05) is 42.2 Å². The number of carbonyl (C=O) groups is 1. The Labute approximate surface area is 162 Å². The van der Waals surface area contributed by atoms with Gasteiger partial charge in [-0.1, -0.05) is 30.3 Å². The molecule has 0 unspecified atom stereocenters. The maximum absolute atomic E-state index is 12.7. The number of halogens is 3. The molecule has 0 spiro atoms. The summed E-state index contributed by atoms with van der Waals surface area (Å²) in [6, 6.07) is 12.1. The van der Waals surface area contributed by atoms with E-state index < -0.39 is 11.7 Å². The van der Waals surface area contributed by atoms with E-state index >= 15 is 0 Å². The van der Waals surface area contributed by atoms with E-state index in [-0.39, 0.29) is 11.9 Å². The minimum Gasteiger partial charge on any atom is -0.347 e. The van der Waals surface area contributed by atoms with E-state index in [4.69, 9.17) is 0 Å². The predicted octanol–water partition coefficient (Wildman–Crippen LogP) is 0.929. The second-order valence-corrected chi connectivity index (χ2v) is 7.03. The van der Waals surface area contributed by atoms with Crippen LogP contribution in [0, 0.1) is 0 Å². The fraction of sp³-hybridized carbons (Fsp3) is 0.400. The third kappa shape index (κ3) is 5.01. The molecule has 150 valence electrons. The first-order valence-corrected chi connectivity index (χ1v) is 9.34. The molecule has 1 aromatic carbocycles. The number of nitrogens with zero attached hydrogens (tertiary/aromatic N) is 1. The van der Waals surface area contributed by atoms with Crippen molar-refractivity contribution < 1.29 is 27.8 Å². The molecular formula is C20H25F3N4O+2. The first-order chi connectivity index (χ1) is 13.3. The smallest absolute Gasteiger partial charge is 0.347 e. The molecule has 1 fully saturated rings. The predicted molar refractivity (Wildman–Crippen MR) is 98.7 cm³/mol. The molecule has 0 radical (unpaired) electrons. The van der Waals surface area contributed by atoms with Crippen LogP contribution < -0.4 is 20.1 Å². The Hall–Kier alpha value is -2.61. The number of hydrogen-bond donors (Lipinski definition) is 2. The number of aromatic nitrogens is 1. The highest BCUT2D eigenvalue weighted by Crippen LogP contribution is 2.28. The molecule has 2 aromatic rings. The number of hydrogen-bond acceptors (Lipinski definition) is 2. The summed E-state index contributed by atoms with van der Waals surface area (Å²) in [6.07, 6.45) is -3.35. The first-order valence-electron chi connectivity index (χ1n) is 9.34. The molecule has 1 saturated heterocycles. The van der Waals surface area contributed by atoms with Crippen LogP contribution in [0.3, 0.4) is 0 Å². The third-order valence-corrected chi connectivity index (χ3v) is 5.19. The number of rotatable bonds is 5. The van der Waals surface area contributed by atoms with Crippen molar-refractivity contribution in [1.82, 2.24) is 5.32 Å². The Balaban J connectivity index is 1.49. The van der Waals surface area contributed by atoms with Crippen LogP contribution in [-0.4, -0.2) is 38.1 Å². The van der Waals surface area contributed by atoms with Gasteiger partial charge in [-0.2, -0.15) is 13.2 Å². The minimum atomic E-state index is -4.35. The largest absolute Gasteiger partial charge is 0.419 e. The Morgan fingerprint density at radius 2 is 1.86 bits per heavy atom. The standard InChI is InChI=1S/C20H23F3N4O/c1-15(19(28)25-13-16-5-3-2-4-6-16)26-9-11-27(12-10-26)18-8-7-17(14-24-18)20(21,22)23/h2-8,14-15H,9-13H2,1H3,(H,25,28)/p+2/t15-/m0/s1. The number of carbonyl (C=O) groups excluding carboxylic acids is 1. The van der Waals surface area contributed by atoms with Crippen LogP contribution in [0.2, 0.25) is 0 Å². The van der Waals surface area contributed by atoms with Crippen molar-refractivity contribution >= 4 is 11.7 Å². The van der Waals surface area contributed by atoms with E-state index in [2.05, 4.69) is 10.3 Å². The fourth-order valence-electron chi connectivity index (χ4n) is 3.38. The van der Waals surface area contributed by atoms with Crippen molar-refractivity contribution in [3.05, 3.63) is 59.8 Å². The van der Waals surface area contributed by atoms with Gasteiger partial charge in [-0.3, -0.25) is 9.69 Å². The van der Waals surface area contributed by atoms with Gasteiger partial charge in [0.2, 0.25) is 0 Å². The van der Waals surface area contributed by atoms with Gasteiger partial charge in [0.1, 0.15) is 32.4 Å². The number of quaternary nitrogens is 1. The molecule has 28 heavy (non-hydrogen) atoms. The third-order valence-electron chi connectivity index (χ3n) is 5.19. The summed E-state index contributed by atoms with van der Waals surface area (Å²) in [7, 11) is 0. The molecule has 1 amide bonds. The zero-order valence-electron chi connectivity index (χ0n) is 15.7. The molecule has 3 N–H and O–H groups in total. The average molecular weight is 394 g/mol. The fourth-order valence-corrected chi connectivity index (χ4v) is 3.38. The van der Waals surface area contributed by atoms with Crippen LogP contribution in [0.1, 0.15) is 18.1 Å². The van der Waals surface area contributed by atoms with Gasteiger partial charge in [-0.15, -0.1) is 0 Å². The van der Waals surface area contributed by atoms with Crippen molar-refractivity contribution in [2.45, 2.75) is 25.7 Å². The highest BCUT2D eigenvalue weighted by molar-refractivity contribution is 5.79. The summed E-state index contributed by atoms with van der Waals surface area (Å²) in [4.78, 5) is 18.4. The normalized spacial score (nSPS) is 16.6. The number of nitrogens with one attached hydrogen (secondary N) is 3. The molecule has 1 aliphatic heterocycles. The Bertz CT molecular complexity index is 772. The molecule has 1 aromatic heterocycles. The zero-order chi connectivity index (χ0) is 20.1. The second kappa shape index (κ2) is 8.60. The van der Waals surface area contributed by atoms with Gasteiger partial charge < -0.3 is 10.2 Å². The van der Waals surface area contributed by atoms with Crippen LogP contribution in [0.15, 0.2) is 48.7 Å². The number of benzene rings is 1. The van der Waals surface area contributed by atoms with E-state index in [9.17, 15) is 18.0 Å². The van der Waals surface area contributed by atoms with Gasteiger partial charge in [-0.05, 0) is 18.6 Å². The molecule has 5 nitrogen and oxygen atoms in total. The van der Waals surface area contributed by atoms with E-state index in [1.54, 1.807) is 0 Å². The van der Waals surface area contributed by atoms with Crippen molar-refractivity contribution in [2.75, 3.05) is 31.1 Å². The first kappa shape index (κ1) is 20.1. The topological polar surface area (TPSA) is 50.9 Å². The van der Waals surface area contributed by atoms with Gasteiger partial charge in [0.05, 0.1) is 5.56 Å². The maximum Gasteiger partial charge on any atom is 0.419 e. The maximum atomic E-state index is 12.7. The van der Waals surface area contributed by atoms with E-state index in [0.29, 0.717) is 25.5 Å². The average Bonchev–Trinajstić information content (AvgIpc) is 2.72. The molecule has 0 bridgehead atoms. The van der Waals surface area contributed by atoms with Crippen LogP contribution in [0.5, 0.6) is 0 Å². The number of amides is 1. The minimum absolute atomic E-state index is 0.00777. The summed E-state index contributed by atoms with van der Waals surface area (Å²) in [5.74, 6) is 0.668. The summed E-state index contributed by atoms with van der Waals surface area (Å²) in [5, 5.41) is 2.97. The lowest BCUT2D eigenvalue weighted by Gasteiger charge is -2.31. The summed E-state index contributed by atoms with van der Waals surface area (Å²) in [6.45, 7) is 5.25. The Morgan fingerprint density at radius 1 is 1.18 bits per heavy atom. The van der Waals surface area contributed by atoms with E-state index in [1.165, 1.54) is 11.0 Å². The number of piperazine rings is 1. The molecule has 8 heteroatoms. The summed E-state index contributed by atoms with van der Waals surface area (Å²) in [5.41, 5.74) is 0.366. The Morgan fingerprint density at radius 3 is 2.43 bits per heavy atom. The van der Waals surface area contributed by atoms with Crippen molar-refractivity contribution in [3.8, 4) is 0 Å². The Kier molecular flexibility index (Phi) is 6.18. The molecule has 0 aliphatic carbocycles. The van der Waals surface area contributed by atoms with Crippen LogP contribution >= 0.6 is 0 Å². The lowest BCUT2D eigenvalue weighted by molar-refractivity contribution is -0.914. The number of pyridine rings is 1. The zero-order valence-corrected chi connectivity index (χ0v) is 15.7. The number of H-pyrrole nitrogens is 1. The van der Waals surface area contributed by atoms with Gasteiger partial charge in [-0.25, -0.2) is 4.98 Å². The molecule has 3 rings (SSSR count). The van der Waals surface area contributed by atoms with Crippen LogP contribution in [0.4, 0.5) is 19.0 Å². The van der Waals surface area contributed by atoms with Crippen LogP contribution in [-0.2, 0) is 17.5 Å². The molecule has 0 saturated carbocycles.